The molecule has 8 nitrogen and oxygen atoms in total. The third-order valence-electron chi connectivity index (χ3n) is 1.42. The summed E-state index contributed by atoms with van der Waals surface area (Å²) in [5, 5.41) is 9.28. The Morgan fingerprint density at radius 2 is 1.04 bits per heavy atom. The summed E-state index contributed by atoms with van der Waals surface area (Å²) in [5.74, 6) is -4.39. The molecule has 0 aliphatic heterocycles. The average molecular weight is 378 g/mol. The molecular weight excluding hydrogens is 364 g/mol. The van der Waals surface area contributed by atoms with Gasteiger partial charge in [-0.1, -0.05) is 13.3 Å². The van der Waals surface area contributed by atoms with E-state index >= 15 is 0 Å². The smallest absolute Gasteiger partial charge is 0.471 e. The molecule has 0 saturated heterocycles. The van der Waals surface area contributed by atoms with Gasteiger partial charge in [0.2, 0.25) is 0 Å². The maximum atomic E-state index is 11.6. The summed E-state index contributed by atoms with van der Waals surface area (Å²) < 4.78 is 87.5. The van der Waals surface area contributed by atoms with E-state index < -0.39 is 44.2 Å². The summed E-state index contributed by atoms with van der Waals surface area (Å²) in [5.41, 5.74) is 0. The first-order valence-electron chi connectivity index (χ1n) is 6.14. The second-order valence-electron chi connectivity index (χ2n) is 3.38. The van der Waals surface area contributed by atoms with E-state index in [1.165, 1.54) is 24.3 Å². The zero-order chi connectivity index (χ0) is 20.5. The van der Waals surface area contributed by atoms with Gasteiger partial charge >= 0.3 is 61.5 Å². The number of hydrogen-bond donors (Lipinski definition) is 2. The first-order valence-corrected chi connectivity index (χ1v) is 6.14. The van der Waals surface area contributed by atoms with Crippen LogP contribution in [-0.4, -0.2) is 58.5 Å². The van der Waals surface area contributed by atoms with Gasteiger partial charge in [-0.15, -0.1) is 0 Å². The molecule has 0 aliphatic carbocycles. The van der Waals surface area contributed by atoms with Crippen molar-refractivity contribution in [1.29, 1.82) is 0 Å². The van der Waals surface area contributed by atoms with Crippen LogP contribution in [0.15, 0.2) is 0 Å². The zero-order valence-corrected chi connectivity index (χ0v) is 13.1. The fourth-order valence-corrected chi connectivity index (χ4v) is 0.627. The van der Waals surface area contributed by atoms with E-state index in [0.29, 0.717) is 0 Å². The molecule has 0 fully saturated rings. The normalized spacial score (nSPS) is 9.92. The van der Waals surface area contributed by atoms with E-state index in [1.54, 1.807) is 0 Å². The first-order chi connectivity index (χ1) is 11.4. The number of nitrogens with zero attached hydrogens (tertiary/aromatic N) is 2. The number of carbonyl (C=O) groups is 2. The molecule has 0 aromatic heterocycles. The van der Waals surface area contributed by atoms with Crippen LogP contribution in [0.3, 0.4) is 0 Å². The predicted molar refractivity (Wildman–Crippen MR) is 74.3 cm³/mol. The molecule has 0 aliphatic rings. The van der Waals surface area contributed by atoms with Crippen molar-refractivity contribution in [1.82, 2.24) is 10.6 Å². The summed E-state index contributed by atoms with van der Waals surface area (Å²) in [7, 11) is 1.50. The molecule has 0 bridgehead atoms. The number of alkyl halides is 6. The quantitative estimate of drug-likeness (QED) is 0.409. The van der Waals surface area contributed by atoms with Crippen LogP contribution in [0, 0.1) is 0 Å². The Labute approximate surface area is 140 Å². The van der Waals surface area contributed by atoms with E-state index in [4.69, 9.17) is 9.41 Å². The Morgan fingerprint density at radius 3 is 1.24 bits per heavy atom. The van der Waals surface area contributed by atoms with Gasteiger partial charge in [0, 0.05) is 0 Å². The van der Waals surface area contributed by atoms with Gasteiger partial charge in [-0.05, 0) is 0 Å². The molecule has 0 heterocycles. The van der Waals surface area contributed by atoms with Gasteiger partial charge < -0.3 is 21.3 Å². The summed E-state index contributed by atoms with van der Waals surface area (Å²) in [6.45, 7) is 1.01. The van der Waals surface area contributed by atoms with Crippen LogP contribution >= 0.6 is 0 Å². The molecule has 16 heteroatoms. The molecule has 0 aromatic carbocycles. The minimum absolute atomic E-state index is 0.476. The largest absolute Gasteiger partial charge is 0.663 e. The molecule has 2 N–H and O–H groups in total. The molecule has 0 saturated carbocycles. The third-order valence-corrected chi connectivity index (χ3v) is 1.42. The van der Waals surface area contributed by atoms with E-state index in [1.807, 2.05) is 0 Å². The maximum absolute atomic E-state index is 11.6. The van der Waals surface area contributed by atoms with Crippen molar-refractivity contribution in [2.75, 3.05) is 20.0 Å². The molecule has 0 aromatic rings. The number of carbonyl (C=O) groups excluding carboxylic acids is 2. The van der Waals surface area contributed by atoms with E-state index in [0.717, 1.165) is 14.3 Å². The molecule has 2 amide bonds. The fourth-order valence-electron chi connectivity index (χ4n) is 0.627. The Balaban J connectivity index is -0.000000700. The number of halogens is 6. The molecule has 0 radical (unpaired) electrons. The van der Waals surface area contributed by atoms with Crippen LogP contribution in [0.25, 0.3) is 10.6 Å². The van der Waals surface area contributed by atoms with Crippen molar-refractivity contribution in [3.63, 3.8) is 0 Å². The van der Waals surface area contributed by atoms with Crippen molar-refractivity contribution in [3.05, 3.63) is 10.6 Å². The molecule has 0 rings (SSSR count). The van der Waals surface area contributed by atoms with Crippen molar-refractivity contribution >= 4 is 26.1 Å². The van der Waals surface area contributed by atoms with Crippen LogP contribution in [-0.2, 0) is 19.0 Å². The minimum atomic E-state index is -5.03. The van der Waals surface area contributed by atoms with Gasteiger partial charge in [-0.25, -0.2) is 0 Å². The standard InChI is InChI=1S/C7H8F6N4O2.2CH3BO/c8-6(9,10)4(18)16-2-14-1-15-3-17-5(19)7(11,12)13;2*1-2-3/h1-3H2,(H,16,18)(H,17,19);2*1H3/q-2;;. The second kappa shape index (κ2) is 15.7. The minimum Gasteiger partial charge on any atom is -0.663 e. The molecule has 144 valence electrons. The summed E-state index contributed by atoms with van der Waals surface area (Å²) in [6.07, 6.45) is -10.1. The fraction of sp³-hybridized carbons (Fsp3) is 0.778. The van der Waals surface area contributed by atoms with Crippen molar-refractivity contribution in [3.8, 4) is 0 Å². The van der Waals surface area contributed by atoms with Gasteiger partial charge in [-0.2, -0.15) is 26.3 Å². The number of rotatable bonds is 6. The molecular formula is C9H14B2F6N4O4-2. The Morgan fingerprint density at radius 1 is 0.800 bits per heavy atom. The molecule has 0 spiro atoms. The van der Waals surface area contributed by atoms with Crippen LogP contribution in [0.5, 0.6) is 0 Å². The van der Waals surface area contributed by atoms with Gasteiger partial charge in [-0.3, -0.25) is 16.3 Å². The van der Waals surface area contributed by atoms with Crippen LogP contribution < -0.4 is 10.6 Å². The van der Waals surface area contributed by atoms with E-state index in [2.05, 4.69) is 10.6 Å². The van der Waals surface area contributed by atoms with E-state index in [-0.39, 0.29) is 0 Å². The van der Waals surface area contributed by atoms with Crippen LogP contribution in [0.4, 0.5) is 26.3 Å². The predicted octanol–water partition coefficient (Wildman–Crippen LogP) is 1.13. The van der Waals surface area contributed by atoms with E-state index in [9.17, 15) is 35.9 Å². The van der Waals surface area contributed by atoms with Crippen molar-refractivity contribution < 1.29 is 45.3 Å². The Hall–Kier alpha value is -1.83. The maximum Gasteiger partial charge on any atom is 0.471 e. The molecule has 0 unspecified atom stereocenters. The Bertz CT molecular complexity index is 373. The van der Waals surface area contributed by atoms with Crippen LogP contribution in [0.1, 0.15) is 0 Å². The molecule has 0 atom stereocenters. The summed E-state index contributed by atoms with van der Waals surface area (Å²) >= 11 is 0. The van der Waals surface area contributed by atoms with Gasteiger partial charge in [0.05, 0.1) is 0 Å². The van der Waals surface area contributed by atoms with Gasteiger partial charge in [0.1, 0.15) is 0 Å². The number of hydrogen-bond acceptors (Lipinski definition) is 4. The van der Waals surface area contributed by atoms with Gasteiger partial charge in [0.25, 0.3) is 0 Å². The summed E-state index contributed by atoms with van der Waals surface area (Å²) in [6, 6.07) is 0. The second-order valence-corrected chi connectivity index (χ2v) is 3.38. The van der Waals surface area contributed by atoms with Gasteiger partial charge in [0.15, 0.2) is 0 Å². The molecule has 25 heavy (non-hydrogen) atoms. The number of nitrogens with one attached hydrogen (secondary N) is 2. The SMILES string of the molecule is CB=O.CB=O.O=C(NC[N-]C[N-]CNC(=O)C(F)(F)F)C(F)(F)F. The topological polar surface area (TPSA) is 121 Å². The monoisotopic (exact) mass is 378 g/mol. The summed E-state index contributed by atoms with van der Waals surface area (Å²) in [4.78, 5) is 20.5. The van der Waals surface area contributed by atoms with Crippen LogP contribution in [0.2, 0.25) is 13.6 Å². The van der Waals surface area contributed by atoms with Crippen molar-refractivity contribution in [2.45, 2.75) is 26.0 Å². The first kappa shape index (κ1) is 28.0. The Kier molecular flexibility index (Phi) is 17.6. The van der Waals surface area contributed by atoms with Crippen molar-refractivity contribution in [2.24, 2.45) is 0 Å². The number of amides is 2. The third kappa shape index (κ3) is 22.2. The average Bonchev–Trinajstić information content (AvgIpc) is 2.45. The zero-order valence-electron chi connectivity index (χ0n) is 13.1.